The minimum Gasteiger partial charge on any atom is -0.490 e. The van der Waals surface area contributed by atoms with Crippen LogP contribution >= 0.6 is 0 Å². The Morgan fingerprint density at radius 3 is 2.70 bits per heavy atom. The molecule has 1 aromatic carbocycles. The number of carboxylic acid groups (broad SMARTS) is 1. The lowest BCUT2D eigenvalue weighted by molar-refractivity contribution is -0.137. The van der Waals surface area contributed by atoms with Crippen molar-refractivity contribution in [2.45, 2.75) is 25.8 Å². The molecule has 0 aromatic heterocycles. The van der Waals surface area contributed by atoms with Crippen molar-refractivity contribution in [1.29, 1.82) is 0 Å². The van der Waals surface area contributed by atoms with Crippen LogP contribution in [0.3, 0.4) is 0 Å². The molecule has 0 saturated heterocycles. The molecular weight excluding hydrogens is 262 g/mol. The number of carbonyl (C=O) groups excluding carboxylic acids is 1. The average Bonchev–Trinajstić information content (AvgIpc) is 2.61. The fourth-order valence-electron chi connectivity index (χ4n) is 1.92. The summed E-state index contributed by atoms with van der Waals surface area (Å²) in [5.41, 5.74) is 0.423. The number of rotatable bonds is 4. The van der Waals surface area contributed by atoms with E-state index in [1.54, 1.807) is 25.1 Å². The second-order valence-electron chi connectivity index (χ2n) is 4.68. The molecule has 0 saturated carbocycles. The number of aliphatic carboxylic acids is 1. The third kappa shape index (κ3) is 3.63. The lowest BCUT2D eigenvalue weighted by Gasteiger charge is -2.13. The molecule has 20 heavy (non-hydrogen) atoms. The second kappa shape index (κ2) is 6.27. The van der Waals surface area contributed by atoms with Gasteiger partial charge in [0, 0.05) is 18.0 Å². The van der Waals surface area contributed by atoms with E-state index in [2.05, 4.69) is 5.32 Å². The largest absolute Gasteiger partial charge is 0.490 e. The van der Waals surface area contributed by atoms with Crippen LogP contribution in [0.25, 0.3) is 0 Å². The Balaban J connectivity index is 2.07. The molecule has 2 N–H and O–H groups in total. The highest BCUT2D eigenvalue weighted by Gasteiger charge is 2.16. The number of ether oxygens (including phenoxy) is 2. The molecule has 1 unspecified atom stereocenters. The molecule has 108 valence electrons. The van der Waals surface area contributed by atoms with Crippen molar-refractivity contribution in [3.8, 4) is 11.5 Å². The fraction of sp³-hybridized carbons (Fsp3) is 0.429. The van der Waals surface area contributed by atoms with Crippen molar-refractivity contribution in [2.75, 3.05) is 13.2 Å². The number of hydrogen-bond acceptors (Lipinski definition) is 4. The number of benzene rings is 1. The zero-order valence-corrected chi connectivity index (χ0v) is 11.2. The van der Waals surface area contributed by atoms with E-state index in [1.165, 1.54) is 0 Å². The topological polar surface area (TPSA) is 84.9 Å². The van der Waals surface area contributed by atoms with E-state index in [1.807, 2.05) is 0 Å². The summed E-state index contributed by atoms with van der Waals surface area (Å²) in [5, 5.41) is 11.3. The molecular formula is C14H17NO5. The zero-order valence-electron chi connectivity index (χ0n) is 11.2. The maximum Gasteiger partial charge on any atom is 0.305 e. The van der Waals surface area contributed by atoms with Gasteiger partial charge in [-0.1, -0.05) is 0 Å². The summed E-state index contributed by atoms with van der Waals surface area (Å²) in [6.07, 6.45) is 0.683. The molecule has 1 atom stereocenters. The third-order valence-corrected chi connectivity index (χ3v) is 2.87. The molecule has 6 nitrogen and oxygen atoms in total. The summed E-state index contributed by atoms with van der Waals surface area (Å²) < 4.78 is 11.0. The lowest BCUT2D eigenvalue weighted by atomic mass is 10.1. The van der Waals surface area contributed by atoms with E-state index in [4.69, 9.17) is 14.6 Å². The van der Waals surface area contributed by atoms with Crippen LogP contribution in [-0.4, -0.2) is 36.2 Å². The number of nitrogens with one attached hydrogen (secondary N) is 1. The van der Waals surface area contributed by atoms with Crippen LogP contribution in [0.4, 0.5) is 0 Å². The van der Waals surface area contributed by atoms with Crippen LogP contribution in [0.2, 0.25) is 0 Å². The van der Waals surface area contributed by atoms with Gasteiger partial charge in [0.1, 0.15) is 0 Å². The first kappa shape index (κ1) is 14.2. The number of amides is 1. The molecule has 0 bridgehead atoms. The second-order valence-corrected chi connectivity index (χ2v) is 4.68. The number of carboxylic acids is 1. The molecule has 1 heterocycles. The Morgan fingerprint density at radius 2 is 2.00 bits per heavy atom. The minimum atomic E-state index is -0.948. The summed E-state index contributed by atoms with van der Waals surface area (Å²) in [6, 6.07) is 4.51. The highest BCUT2D eigenvalue weighted by molar-refractivity contribution is 5.95. The highest BCUT2D eigenvalue weighted by atomic mass is 16.5. The molecule has 1 aliphatic heterocycles. The Morgan fingerprint density at radius 1 is 1.30 bits per heavy atom. The van der Waals surface area contributed by atoms with Gasteiger partial charge < -0.3 is 19.9 Å². The molecule has 0 fully saturated rings. The lowest BCUT2D eigenvalue weighted by Crippen LogP contribution is -2.34. The maximum absolute atomic E-state index is 12.0. The smallest absolute Gasteiger partial charge is 0.305 e. The summed E-state index contributed by atoms with van der Waals surface area (Å²) in [6.45, 7) is 2.79. The van der Waals surface area contributed by atoms with Gasteiger partial charge in [-0.25, -0.2) is 0 Å². The fourth-order valence-corrected chi connectivity index (χ4v) is 1.92. The van der Waals surface area contributed by atoms with Crippen molar-refractivity contribution >= 4 is 11.9 Å². The van der Waals surface area contributed by atoms with E-state index in [9.17, 15) is 9.59 Å². The van der Waals surface area contributed by atoms with Crippen molar-refractivity contribution in [3.05, 3.63) is 23.8 Å². The van der Waals surface area contributed by atoms with E-state index in [-0.39, 0.29) is 12.3 Å². The molecule has 1 amide bonds. The van der Waals surface area contributed by atoms with Crippen LogP contribution in [0.1, 0.15) is 30.1 Å². The first-order valence-corrected chi connectivity index (χ1v) is 6.48. The zero-order chi connectivity index (χ0) is 14.5. The highest BCUT2D eigenvalue weighted by Crippen LogP contribution is 2.30. The number of carbonyl (C=O) groups is 2. The van der Waals surface area contributed by atoms with E-state index in [0.717, 1.165) is 6.42 Å². The Labute approximate surface area is 116 Å². The average molecular weight is 279 g/mol. The molecule has 2 rings (SSSR count). The Kier molecular flexibility index (Phi) is 4.45. The van der Waals surface area contributed by atoms with E-state index in [0.29, 0.717) is 30.3 Å². The van der Waals surface area contributed by atoms with E-state index >= 15 is 0 Å². The molecule has 1 aromatic rings. The van der Waals surface area contributed by atoms with E-state index < -0.39 is 12.0 Å². The van der Waals surface area contributed by atoms with Crippen LogP contribution in [0.5, 0.6) is 11.5 Å². The molecule has 6 heteroatoms. The number of fused-ring (bicyclic) bond motifs is 1. The molecule has 0 aliphatic carbocycles. The van der Waals surface area contributed by atoms with Gasteiger partial charge in [-0.15, -0.1) is 0 Å². The van der Waals surface area contributed by atoms with Crippen LogP contribution in [-0.2, 0) is 4.79 Å². The SMILES string of the molecule is CC(CC(=O)O)NC(=O)c1ccc2c(c1)OCCCO2. The molecule has 1 aliphatic rings. The maximum atomic E-state index is 12.0. The Hall–Kier alpha value is -2.24. The van der Waals surface area contributed by atoms with Gasteiger partial charge in [0.05, 0.1) is 19.6 Å². The predicted molar refractivity (Wildman–Crippen MR) is 71.2 cm³/mol. The summed E-state index contributed by atoms with van der Waals surface area (Å²) in [5.74, 6) is -0.107. The molecule has 0 spiro atoms. The van der Waals surface area contributed by atoms with Crippen molar-refractivity contribution < 1.29 is 24.2 Å². The standard InChI is InChI=1S/C14H17NO5/c1-9(7-13(16)17)15-14(18)10-3-4-11-12(8-10)20-6-2-5-19-11/h3-4,8-9H,2,5-7H2,1H3,(H,15,18)(H,16,17). The normalized spacial score (nSPS) is 15.1. The van der Waals surface area contributed by atoms with Gasteiger partial charge in [-0.3, -0.25) is 9.59 Å². The monoisotopic (exact) mass is 279 g/mol. The van der Waals surface area contributed by atoms with Crippen LogP contribution in [0, 0.1) is 0 Å². The molecule has 0 radical (unpaired) electrons. The van der Waals surface area contributed by atoms with Crippen molar-refractivity contribution in [2.24, 2.45) is 0 Å². The summed E-state index contributed by atoms with van der Waals surface area (Å²) in [4.78, 5) is 22.6. The van der Waals surface area contributed by atoms with Gasteiger partial charge >= 0.3 is 5.97 Å². The van der Waals surface area contributed by atoms with Gasteiger partial charge in [0.25, 0.3) is 5.91 Å². The van der Waals surface area contributed by atoms with Gasteiger partial charge in [0.15, 0.2) is 11.5 Å². The van der Waals surface area contributed by atoms with Gasteiger partial charge in [0.2, 0.25) is 0 Å². The number of hydrogen-bond donors (Lipinski definition) is 2. The van der Waals surface area contributed by atoms with Crippen LogP contribution < -0.4 is 14.8 Å². The van der Waals surface area contributed by atoms with Gasteiger partial charge in [-0.2, -0.15) is 0 Å². The predicted octanol–water partition coefficient (Wildman–Crippen LogP) is 1.44. The summed E-state index contributed by atoms with van der Waals surface area (Å²) >= 11 is 0. The third-order valence-electron chi connectivity index (χ3n) is 2.87. The van der Waals surface area contributed by atoms with Crippen molar-refractivity contribution in [3.63, 3.8) is 0 Å². The van der Waals surface area contributed by atoms with Crippen molar-refractivity contribution in [1.82, 2.24) is 5.32 Å². The first-order chi connectivity index (χ1) is 9.56. The first-order valence-electron chi connectivity index (χ1n) is 6.48. The summed E-state index contributed by atoms with van der Waals surface area (Å²) in [7, 11) is 0. The quantitative estimate of drug-likeness (QED) is 0.871. The Bertz CT molecular complexity index is 514. The minimum absolute atomic E-state index is 0.115. The van der Waals surface area contributed by atoms with Crippen LogP contribution in [0.15, 0.2) is 18.2 Å². The van der Waals surface area contributed by atoms with Gasteiger partial charge in [-0.05, 0) is 25.1 Å².